The molecule has 2 nitrogen and oxygen atoms in total. The van der Waals surface area contributed by atoms with Gasteiger partial charge in [-0.3, -0.25) is 0 Å². The van der Waals surface area contributed by atoms with Gasteiger partial charge in [-0.1, -0.05) is 29.3 Å². The molecule has 1 aliphatic heterocycles. The molecule has 1 aliphatic carbocycles. The zero-order chi connectivity index (χ0) is 13.9. The van der Waals surface area contributed by atoms with Gasteiger partial charge >= 0.3 is 0 Å². The largest absolute Gasteiger partial charge is 0.314 e. The molecule has 3 rings (SSSR count). The maximum atomic E-state index is 6.22. The number of hydrogen-bond acceptors (Lipinski definition) is 2. The monoisotopic (exact) mass is 312 g/mol. The molecule has 0 spiro atoms. The summed E-state index contributed by atoms with van der Waals surface area (Å²) in [6.45, 7) is 4.75. The third-order valence-electron chi connectivity index (χ3n) is 4.36. The molecular weight excluding hydrogens is 291 g/mol. The smallest absolute Gasteiger partial charge is 0.0453 e. The average Bonchev–Trinajstić information content (AvgIpc) is 3.14. The van der Waals surface area contributed by atoms with Gasteiger partial charge in [0.05, 0.1) is 0 Å². The summed E-state index contributed by atoms with van der Waals surface area (Å²) in [5, 5.41) is 5.15. The van der Waals surface area contributed by atoms with Crippen molar-refractivity contribution in [3.63, 3.8) is 0 Å². The van der Waals surface area contributed by atoms with E-state index in [1.54, 1.807) is 0 Å². The van der Waals surface area contributed by atoms with Gasteiger partial charge in [0, 0.05) is 29.2 Å². The lowest BCUT2D eigenvalue weighted by Crippen LogP contribution is -2.28. The van der Waals surface area contributed by atoms with E-state index in [1.165, 1.54) is 44.5 Å². The minimum atomic E-state index is 0.714. The van der Waals surface area contributed by atoms with Crippen LogP contribution in [0.2, 0.25) is 10.0 Å². The summed E-state index contributed by atoms with van der Waals surface area (Å²) in [5.74, 6) is 0.830. The molecule has 0 radical (unpaired) electrons. The van der Waals surface area contributed by atoms with E-state index in [-0.39, 0.29) is 0 Å². The fourth-order valence-electron chi connectivity index (χ4n) is 2.91. The minimum absolute atomic E-state index is 0.714. The molecule has 2 aliphatic rings. The van der Waals surface area contributed by atoms with Crippen LogP contribution < -0.4 is 5.32 Å². The van der Waals surface area contributed by atoms with Gasteiger partial charge in [0.1, 0.15) is 0 Å². The number of hydrogen-bond donors (Lipinski definition) is 1. The van der Waals surface area contributed by atoms with Crippen LogP contribution in [0.1, 0.15) is 24.8 Å². The fourth-order valence-corrected chi connectivity index (χ4v) is 3.41. The Morgan fingerprint density at radius 2 is 2.05 bits per heavy atom. The van der Waals surface area contributed by atoms with E-state index in [0.29, 0.717) is 5.02 Å². The van der Waals surface area contributed by atoms with E-state index >= 15 is 0 Å². The van der Waals surface area contributed by atoms with Gasteiger partial charge in [0.25, 0.3) is 0 Å². The van der Waals surface area contributed by atoms with E-state index in [1.807, 2.05) is 18.2 Å². The molecule has 1 heterocycles. The van der Waals surface area contributed by atoms with Crippen LogP contribution in [-0.2, 0) is 6.42 Å². The van der Waals surface area contributed by atoms with Crippen LogP contribution in [-0.4, -0.2) is 37.1 Å². The van der Waals surface area contributed by atoms with E-state index < -0.39 is 0 Å². The summed E-state index contributed by atoms with van der Waals surface area (Å²) < 4.78 is 0. The summed E-state index contributed by atoms with van der Waals surface area (Å²) in [4.78, 5) is 2.56. The van der Waals surface area contributed by atoms with E-state index in [2.05, 4.69) is 10.2 Å². The van der Waals surface area contributed by atoms with Crippen LogP contribution in [0.25, 0.3) is 0 Å². The average molecular weight is 313 g/mol. The highest BCUT2D eigenvalue weighted by atomic mass is 35.5. The normalized spacial score (nSPS) is 23.4. The van der Waals surface area contributed by atoms with E-state index in [4.69, 9.17) is 23.2 Å². The Balaban J connectivity index is 1.42. The Kier molecular flexibility index (Phi) is 4.87. The van der Waals surface area contributed by atoms with Gasteiger partial charge < -0.3 is 10.2 Å². The third kappa shape index (κ3) is 4.11. The van der Waals surface area contributed by atoms with Crippen molar-refractivity contribution in [2.24, 2.45) is 5.92 Å². The maximum Gasteiger partial charge on any atom is 0.0453 e. The first-order valence-electron chi connectivity index (χ1n) is 7.60. The molecule has 1 aromatic carbocycles. The number of likely N-dealkylation sites (tertiary alicyclic amines) is 1. The van der Waals surface area contributed by atoms with Crippen molar-refractivity contribution in [2.75, 3.05) is 26.2 Å². The lowest BCUT2D eigenvalue weighted by molar-refractivity contribution is 0.325. The van der Waals surface area contributed by atoms with Crippen LogP contribution >= 0.6 is 23.2 Å². The lowest BCUT2D eigenvalue weighted by atomic mass is 10.1. The number of nitrogens with one attached hydrogen (secondary N) is 1. The van der Waals surface area contributed by atoms with Gasteiger partial charge in [0.2, 0.25) is 0 Å². The van der Waals surface area contributed by atoms with Crippen LogP contribution in [0.15, 0.2) is 18.2 Å². The minimum Gasteiger partial charge on any atom is -0.314 e. The summed E-state index contributed by atoms with van der Waals surface area (Å²) in [6.07, 6.45) is 5.10. The molecule has 20 heavy (non-hydrogen) atoms. The van der Waals surface area contributed by atoms with E-state index in [9.17, 15) is 0 Å². The van der Waals surface area contributed by atoms with Crippen LogP contribution in [0.5, 0.6) is 0 Å². The van der Waals surface area contributed by atoms with Gasteiger partial charge in [-0.15, -0.1) is 0 Å². The molecule has 1 saturated carbocycles. The first-order chi connectivity index (χ1) is 9.70. The van der Waals surface area contributed by atoms with Gasteiger partial charge in [0.15, 0.2) is 0 Å². The Morgan fingerprint density at radius 3 is 2.80 bits per heavy atom. The summed E-state index contributed by atoms with van der Waals surface area (Å²) in [7, 11) is 0. The second-order valence-corrected chi connectivity index (χ2v) is 6.97. The highest BCUT2D eigenvalue weighted by Crippen LogP contribution is 2.23. The second kappa shape index (κ2) is 6.65. The fraction of sp³-hybridized carbons (Fsp3) is 0.625. The lowest BCUT2D eigenvalue weighted by Gasteiger charge is -2.16. The van der Waals surface area contributed by atoms with Gasteiger partial charge in [-0.25, -0.2) is 0 Å². The van der Waals surface area contributed by atoms with Crippen LogP contribution in [0.3, 0.4) is 0 Å². The molecule has 1 atom stereocenters. The number of halogens is 2. The quantitative estimate of drug-likeness (QED) is 0.863. The van der Waals surface area contributed by atoms with Crippen molar-refractivity contribution >= 4 is 23.2 Å². The van der Waals surface area contributed by atoms with Crippen molar-refractivity contribution in [3.8, 4) is 0 Å². The number of rotatable bonds is 6. The van der Waals surface area contributed by atoms with Crippen molar-refractivity contribution in [2.45, 2.75) is 31.7 Å². The van der Waals surface area contributed by atoms with Crippen molar-refractivity contribution in [3.05, 3.63) is 33.8 Å². The molecule has 0 aromatic heterocycles. The van der Waals surface area contributed by atoms with Crippen LogP contribution in [0, 0.1) is 5.92 Å². The zero-order valence-corrected chi connectivity index (χ0v) is 13.3. The molecular formula is C16H22Cl2N2. The summed E-state index contributed by atoms with van der Waals surface area (Å²) in [5.41, 5.74) is 1.20. The first kappa shape index (κ1) is 14.6. The Labute approximate surface area is 131 Å². The maximum absolute atomic E-state index is 6.22. The van der Waals surface area contributed by atoms with Crippen molar-refractivity contribution in [1.29, 1.82) is 0 Å². The summed E-state index contributed by atoms with van der Waals surface area (Å²) in [6, 6.07) is 6.64. The molecule has 0 bridgehead atoms. The third-order valence-corrected chi connectivity index (χ3v) is 4.94. The molecule has 0 amide bonds. The Morgan fingerprint density at radius 1 is 1.20 bits per heavy atom. The predicted molar refractivity (Wildman–Crippen MR) is 85.7 cm³/mol. The number of benzene rings is 1. The molecule has 4 heteroatoms. The van der Waals surface area contributed by atoms with Gasteiger partial charge in [-0.05, 0) is 62.4 Å². The molecule has 1 unspecified atom stereocenters. The molecule has 1 N–H and O–H groups in total. The van der Waals surface area contributed by atoms with Crippen molar-refractivity contribution in [1.82, 2.24) is 10.2 Å². The van der Waals surface area contributed by atoms with Crippen LogP contribution in [0.4, 0.5) is 0 Å². The highest BCUT2D eigenvalue weighted by Gasteiger charge is 2.26. The highest BCUT2D eigenvalue weighted by molar-refractivity contribution is 6.35. The molecule has 1 saturated heterocycles. The molecule has 1 aromatic rings. The summed E-state index contributed by atoms with van der Waals surface area (Å²) >= 11 is 12.1. The molecule has 110 valence electrons. The number of nitrogens with zero attached hydrogens (tertiary/aromatic N) is 1. The first-order valence-corrected chi connectivity index (χ1v) is 8.36. The second-order valence-electron chi connectivity index (χ2n) is 6.12. The standard InChI is InChI=1S/C16H22Cl2N2/c17-14-2-1-13(16(18)9-14)6-8-20-7-5-12(11-20)10-19-15-3-4-15/h1-2,9,12,15,19H,3-8,10-11H2. The molecule has 2 fully saturated rings. The van der Waals surface area contributed by atoms with Crippen molar-refractivity contribution < 1.29 is 0 Å². The zero-order valence-electron chi connectivity index (χ0n) is 11.7. The SMILES string of the molecule is Clc1ccc(CCN2CCC(CNC3CC3)C2)c(Cl)c1. The topological polar surface area (TPSA) is 15.3 Å². The Hall–Kier alpha value is -0.280. The van der Waals surface area contributed by atoms with E-state index in [0.717, 1.165) is 29.9 Å². The van der Waals surface area contributed by atoms with Gasteiger partial charge in [-0.2, -0.15) is 0 Å². The Bertz CT molecular complexity index is 460. The predicted octanol–water partition coefficient (Wildman–Crippen LogP) is 3.61.